The maximum absolute atomic E-state index is 12.8. The molecule has 0 saturated heterocycles. The van der Waals surface area contributed by atoms with Gasteiger partial charge in [-0.25, -0.2) is 4.79 Å². The molecular weight excluding hydrogens is 566 g/mol. The number of rotatable bonds is 12. The number of nitroso groups, excluding NO2 is 1. The second-order valence-corrected chi connectivity index (χ2v) is 17.4. The largest absolute Gasteiger partial charge is 0.456 e. The van der Waals surface area contributed by atoms with Crippen molar-refractivity contribution in [1.29, 1.82) is 0 Å². The van der Waals surface area contributed by atoms with E-state index in [1.165, 1.54) is 38.5 Å². The van der Waals surface area contributed by atoms with Gasteiger partial charge in [0.2, 0.25) is 0 Å². The highest BCUT2D eigenvalue weighted by Crippen LogP contribution is 2.65. The van der Waals surface area contributed by atoms with Gasteiger partial charge >= 0.3 is 11.9 Å². The summed E-state index contributed by atoms with van der Waals surface area (Å²) in [6, 6.07) is -0.0721. The molecule has 0 aliphatic heterocycles. The molecule has 45 heavy (non-hydrogen) atoms. The monoisotopic (exact) mass is 627 g/mol. The summed E-state index contributed by atoms with van der Waals surface area (Å²) < 4.78 is 11.5. The second-order valence-electron chi connectivity index (χ2n) is 17.4. The number of hydrogen-bond acceptors (Lipinski definition) is 7. The molecular formula is C38H61NO6. The summed E-state index contributed by atoms with van der Waals surface area (Å²) in [5.74, 6) is 5.13. The predicted molar refractivity (Wildman–Crippen MR) is 174 cm³/mol. The van der Waals surface area contributed by atoms with Crippen LogP contribution in [0, 0.1) is 75.4 Å². The lowest BCUT2D eigenvalue weighted by molar-refractivity contribution is -0.207. The van der Waals surface area contributed by atoms with Crippen molar-refractivity contribution >= 4 is 11.9 Å². The topological polar surface area (TPSA) is 102 Å². The van der Waals surface area contributed by atoms with Gasteiger partial charge in [-0.3, -0.25) is 4.79 Å². The van der Waals surface area contributed by atoms with Crippen LogP contribution < -0.4 is 0 Å². The van der Waals surface area contributed by atoms with Crippen LogP contribution in [0.4, 0.5) is 0 Å². The number of esters is 2. The Morgan fingerprint density at radius 1 is 0.911 bits per heavy atom. The van der Waals surface area contributed by atoms with Gasteiger partial charge in [-0.05, 0) is 161 Å². The zero-order valence-corrected chi connectivity index (χ0v) is 28.8. The lowest BCUT2D eigenvalue weighted by Crippen LogP contribution is -2.58. The van der Waals surface area contributed by atoms with Crippen LogP contribution >= 0.6 is 0 Å². The van der Waals surface area contributed by atoms with Crippen LogP contribution in [0.15, 0.2) is 5.18 Å². The molecule has 254 valence electrons. The van der Waals surface area contributed by atoms with Crippen LogP contribution in [-0.2, 0) is 19.1 Å². The van der Waals surface area contributed by atoms with Gasteiger partial charge in [0, 0.05) is 6.42 Å². The second kappa shape index (κ2) is 13.2. The number of aliphatic hydroxyl groups excluding tert-OH is 1. The standard InChI is InChI=1S/C38H61NO6/c1-6-7-29(39-43)19-26-9-10-30-31(23(26)3)20-34(40)37(4)32(11-12-33(30)37)22(2)8-13-35(41)44-21-36(42)45-38(5)27-15-24-14-25(17-27)18-28(38)16-24/h22-34,40H,6-21H2,1-5H3. The lowest BCUT2D eigenvalue weighted by Gasteiger charge is -2.59. The molecule has 10 atom stereocenters. The summed E-state index contributed by atoms with van der Waals surface area (Å²) in [5.41, 5.74) is -0.537. The highest BCUT2D eigenvalue weighted by molar-refractivity contribution is 5.76. The Morgan fingerprint density at radius 2 is 1.60 bits per heavy atom. The molecule has 1 N–H and O–H groups in total. The number of carbonyl (C=O) groups excluding carboxylic acids is 2. The summed E-state index contributed by atoms with van der Waals surface area (Å²) in [5, 5.41) is 15.2. The molecule has 0 aromatic heterocycles. The van der Waals surface area contributed by atoms with Crippen molar-refractivity contribution in [3.63, 3.8) is 0 Å². The van der Waals surface area contributed by atoms with E-state index < -0.39 is 11.6 Å². The minimum absolute atomic E-state index is 0.0721. The fourth-order valence-corrected chi connectivity index (χ4v) is 12.9. The molecule has 7 saturated carbocycles. The van der Waals surface area contributed by atoms with Gasteiger partial charge in [0.05, 0.1) is 12.1 Å². The van der Waals surface area contributed by atoms with Crippen molar-refractivity contribution in [2.75, 3.05) is 6.61 Å². The first-order chi connectivity index (χ1) is 21.5. The highest BCUT2D eigenvalue weighted by atomic mass is 16.6. The molecule has 0 radical (unpaired) electrons. The summed E-state index contributed by atoms with van der Waals surface area (Å²) >= 11 is 0. The first-order valence-electron chi connectivity index (χ1n) is 18.9. The maximum Gasteiger partial charge on any atom is 0.344 e. The maximum atomic E-state index is 12.8. The van der Waals surface area contributed by atoms with Crippen molar-refractivity contribution in [1.82, 2.24) is 0 Å². The molecule has 0 heterocycles. The Balaban J connectivity index is 0.981. The van der Waals surface area contributed by atoms with Crippen molar-refractivity contribution in [2.24, 2.45) is 75.7 Å². The van der Waals surface area contributed by atoms with Crippen LogP contribution in [0.25, 0.3) is 0 Å². The third-order valence-electron chi connectivity index (χ3n) is 15.2. The highest BCUT2D eigenvalue weighted by Gasteiger charge is 2.61. The quantitative estimate of drug-likeness (QED) is 0.173. The van der Waals surface area contributed by atoms with Gasteiger partial charge in [0.1, 0.15) is 5.60 Å². The molecule has 7 heteroatoms. The molecule has 7 nitrogen and oxygen atoms in total. The number of fused-ring (bicyclic) bond motifs is 3. The molecule has 7 fully saturated rings. The normalized spacial score (nSPS) is 46.1. The fourth-order valence-electron chi connectivity index (χ4n) is 12.9. The number of aliphatic hydroxyl groups is 1. The minimum atomic E-state index is -0.402. The Bertz CT molecular complexity index is 1060. The third-order valence-corrected chi connectivity index (χ3v) is 15.2. The molecule has 0 aromatic carbocycles. The number of carbonyl (C=O) groups is 2. The van der Waals surface area contributed by atoms with E-state index in [1.54, 1.807) is 0 Å². The van der Waals surface area contributed by atoms with Crippen LogP contribution in [0.5, 0.6) is 0 Å². The molecule has 10 unspecified atom stereocenters. The van der Waals surface area contributed by atoms with Crippen LogP contribution in [0.1, 0.15) is 131 Å². The fraction of sp³-hybridized carbons (Fsp3) is 0.947. The van der Waals surface area contributed by atoms with E-state index in [2.05, 4.69) is 39.8 Å². The Hall–Kier alpha value is -1.50. The van der Waals surface area contributed by atoms with E-state index in [4.69, 9.17) is 9.47 Å². The van der Waals surface area contributed by atoms with Crippen molar-refractivity contribution in [2.45, 2.75) is 149 Å². The Morgan fingerprint density at radius 3 is 2.24 bits per heavy atom. The summed E-state index contributed by atoms with van der Waals surface area (Å²) in [4.78, 5) is 37.1. The molecule has 7 aliphatic carbocycles. The number of ether oxygens (including phenoxy) is 2. The summed E-state index contributed by atoms with van der Waals surface area (Å²) in [6.45, 7) is 10.9. The van der Waals surface area contributed by atoms with Gasteiger partial charge in [0.25, 0.3) is 0 Å². The summed E-state index contributed by atoms with van der Waals surface area (Å²) in [6.07, 6.45) is 14.9. The molecule has 4 bridgehead atoms. The van der Waals surface area contributed by atoms with Gasteiger partial charge < -0.3 is 14.6 Å². The van der Waals surface area contributed by atoms with E-state index in [0.717, 1.165) is 56.8 Å². The smallest absolute Gasteiger partial charge is 0.344 e. The molecule has 0 amide bonds. The van der Waals surface area contributed by atoms with Gasteiger partial charge in [-0.2, -0.15) is 4.91 Å². The molecule has 7 aliphatic rings. The van der Waals surface area contributed by atoms with Crippen LogP contribution in [0.3, 0.4) is 0 Å². The Labute approximate surface area is 271 Å². The average molecular weight is 628 g/mol. The summed E-state index contributed by atoms with van der Waals surface area (Å²) in [7, 11) is 0. The minimum Gasteiger partial charge on any atom is -0.456 e. The predicted octanol–water partition coefficient (Wildman–Crippen LogP) is 8.10. The van der Waals surface area contributed by atoms with E-state index in [1.807, 2.05) is 0 Å². The number of nitrogens with zero attached hydrogens (tertiary/aromatic N) is 1. The van der Waals surface area contributed by atoms with Gasteiger partial charge in [0.15, 0.2) is 6.61 Å². The zero-order chi connectivity index (χ0) is 32.1. The van der Waals surface area contributed by atoms with E-state index >= 15 is 0 Å². The van der Waals surface area contributed by atoms with Crippen molar-refractivity contribution in [3.05, 3.63) is 4.91 Å². The van der Waals surface area contributed by atoms with Gasteiger partial charge in [-0.1, -0.05) is 39.3 Å². The van der Waals surface area contributed by atoms with E-state index in [0.29, 0.717) is 66.1 Å². The first kappa shape index (κ1) is 33.4. The third kappa shape index (κ3) is 6.15. The van der Waals surface area contributed by atoms with Crippen molar-refractivity contribution < 1.29 is 24.2 Å². The SMILES string of the molecule is CCCC(CC1CCC2C(CC(O)C3(C)C(C(C)CCC(=O)OCC(=O)OC4(C)C5CC6CC(C5)CC4C6)CCC23)C1C)N=O. The van der Waals surface area contributed by atoms with Crippen molar-refractivity contribution in [3.8, 4) is 0 Å². The van der Waals surface area contributed by atoms with Gasteiger partial charge in [-0.15, -0.1) is 0 Å². The average Bonchev–Trinajstić information content (AvgIpc) is 3.37. The molecule has 0 aromatic rings. The molecule has 0 spiro atoms. The van der Waals surface area contributed by atoms with E-state index in [9.17, 15) is 19.6 Å². The van der Waals surface area contributed by atoms with Crippen LogP contribution in [-0.4, -0.2) is 41.4 Å². The Kier molecular flexibility index (Phi) is 9.79. The zero-order valence-electron chi connectivity index (χ0n) is 28.8. The van der Waals surface area contributed by atoms with E-state index in [-0.39, 0.29) is 30.1 Å². The lowest BCUT2D eigenvalue weighted by atomic mass is 9.49. The first-order valence-corrected chi connectivity index (χ1v) is 18.9. The molecule has 7 rings (SSSR count). The van der Waals surface area contributed by atoms with Crippen LogP contribution in [0.2, 0.25) is 0 Å². The number of hydrogen-bond donors (Lipinski definition) is 1.